The third kappa shape index (κ3) is 7.10. The molecular formula is C40H46BF8N. The van der Waals surface area contributed by atoms with E-state index in [2.05, 4.69) is 27.7 Å². The van der Waals surface area contributed by atoms with Crippen molar-refractivity contribution in [2.45, 2.75) is 106 Å². The second-order valence-electron chi connectivity index (χ2n) is 14.4. The lowest BCUT2D eigenvalue weighted by Crippen LogP contribution is -3.21. The highest BCUT2D eigenvalue weighted by Gasteiger charge is 2.47. The van der Waals surface area contributed by atoms with E-state index in [0.29, 0.717) is 24.3 Å². The lowest BCUT2D eigenvalue weighted by molar-refractivity contribution is -0.967. The summed E-state index contributed by atoms with van der Waals surface area (Å²) < 4.78 is 127. The molecule has 0 atom stereocenters. The molecule has 4 aromatic carbocycles. The fraction of sp³-hybridized carbons (Fsp3) is 0.400. The van der Waals surface area contributed by atoms with E-state index in [-0.39, 0.29) is 22.3 Å². The fourth-order valence-corrected chi connectivity index (χ4v) is 8.21. The lowest BCUT2D eigenvalue weighted by Gasteiger charge is -2.45. The van der Waals surface area contributed by atoms with Crippen LogP contribution in [0.15, 0.2) is 48.5 Å². The van der Waals surface area contributed by atoms with E-state index >= 15 is 35.1 Å². The van der Waals surface area contributed by atoms with Crippen molar-refractivity contribution < 1.29 is 40.0 Å². The minimum Gasteiger partial charge on any atom is -0.329 e. The molecule has 0 aliphatic heterocycles. The first-order valence-electron chi connectivity index (χ1n) is 17.3. The van der Waals surface area contributed by atoms with Gasteiger partial charge < -0.3 is 4.90 Å². The Morgan fingerprint density at radius 2 is 0.720 bits per heavy atom. The molecule has 50 heavy (non-hydrogen) atoms. The molecule has 1 N–H and O–H groups in total. The van der Waals surface area contributed by atoms with Crippen LogP contribution in [0, 0.1) is 74.2 Å². The van der Waals surface area contributed by atoms with Gasteiger partial charge in [-0.2, -0.15) is 0 Å². The minimum absolute atomic E-state index is 0.280. The van der Waals surface area contributed by atoms with Crippen LogP contribution in [0.5, 0.6) is 0 Å². The van der Waals surface area contributed by atoms with Crippen LogP contribution in [0.4, 0.5) is 35.1 Å². The summed E-state index contributed by atoms with van der Waals surface area (Å²) >= 11 is 0. The maximum atomic E-state index is 15.9. The predicted octanol–water partition coefficient (Wildman–Crippen LogP) is 7.43. The molecule has 4 aromatic rings. The maximum absolute atomic E-state index is 15.9. The van der Waals surface area contributed by atoms with Crippen LogP contribution in [0.1, 0.15) is 82.1 Å². The van der Waals surface area contributed by atoms with Crippen LogP contribution in [0.2, 0.25) is 0 Å². The van der Waals surface area contributed by atoms with Gasteiger partial charge in [-0.05, 0) is 128 Å². The SMILES string of the molecule is CC(C)[NH+](C(C)C)C1CCCCC1.Cc1ccc(F)c([B-](c2c(F)ccc(C)c2F)(c2c(F)ccc(C)c2F)c2c(F)ccc(C)c2F)c1F. The Kier molecular flexibility index (Phi) is 12.3. The minimum atomic E-state index is -4.50. The molecule has 5 rings (SSSR count). The van der Waals surface area contributed by atoms with Crippen molar-refractivity contribution in [3.8, 4) is 0 Å². The number of aryl methyl sites for hydroxylation is 4. The van der Waals surface area contributed by atoms with Crippen molar-refractivity contribution in [2.24, 2.45) is 0 Å². The molecule has 1 saturated carbocycles. The zero-order valence-corrected chi connectivity index (χ0v) is 30.0. The maximum Gasteiger partial charge on any atom is 0.136 e. The first kappa shape index (κ1) is 39.1. The van der Waals surface area contributed by atoms with Gasteiger partial charge in [0.15, 0.2) is 0 Å². The molecule has 0 amide bonds. The van der Waals surface area contributed by atoms with E-state index in [0.717, 1.165) is 42.4 Å². The normalized spacial score (nSPS) is 14.1. The second kappa shape index (κ2) is 15.7. The predicted molar refractivity (Wildman–Crippen MR) is 187 cm³/mol. The van der Waals surface area contributed by atoms with E-state index in [1.54, 1.807) is 0 Å². The molecule has 270 valence electrons. The molecule has 1 aliphatic carbocycles. The van der Waals surface area contributed by atoms with Gasteiger partial charge in [0.05, 0.1) is 64.7 Å². The van der Waals surface area contributed by atoms with Crippen LogP contribution >= 0.6 is 0 Å². The summed E-state index contributed by atoms with van der Waals surface area (Å²) in [5.74, 6) is -11.8. The van der Waals surface area contributed by atoms with Crippen molar-refractivity contribution >= 4 is 28.0 Å². The summed E-state index contributed by atoms with van der Waals surface area (Å²) in [6.45, 7) is 14.2. The summed E-state index contributed by atoms with van der Waals surface area (Å²) in [4.78, 5) is 1.83. The van der Waals surface area contributed by atoms with Crippen molar-refractivity contribution in [1.82, 2.24) is 0 Å². The Morgan fingerprint density at radius 1 is 0.460 bits per heavy atom. The van der Waals surface area contributed by atoms with Gasteiger partial charge in [0, 0.05) is 0 Å². The van der Waals surface area contributed by atoms with Crippen LogP contribution in [0.25, 0.3) is 0 Å². The van der Waals surface area contributed by atoms with Crippen LogP contribution < -0.4 is 26.8 Å². The number of hydrogen-bond acceptors (Lipinski definition) is 0. The molecule has 1 fully saturated rings. The molecule has 1 aliphatic rings. The van der Waals surface area contributed by atoms with Crippen molar-refractivity contribution in [3.63, 3.8) is 0 Å². The summed E-state index contributed by atoms with van der Waals surface area (Å²) in [7, 11) is 0. The van der Waals surface area contributed by atoms with Gasteiger partial charge >= 0.3 is 0 Å². The number of halogens is 8. The van der Waals surface area contributed by atoms with Gasteiger partial charge in [-0.1, -0.05) is 30.7 Å². The third-order valence-corrected chi connectivity index (χ3v) is 10.4. The van der Waals surface area contributed by atoms with Gasteiger partial charge in [-0.3, -0.25) is 0 Å². The zero-order chi connectivity index (χ0) is 37.2. The average molecular weight is 704 g/mol. The van der Waals surface area contributed by atoms with Gasteiger partial charge in [0.25, 0.3) is 0 Å². The van der Waals surface area contributed by atoms with Crippen molar-refractivity contribution in [2.75, 3.05) is 0 Å². The standard InChI is InChI=1S/C28H20BF8.C12H25N/c1-13-5-9-17(30)21(25(13)34)29(22-18(31)10-6-14(2)26(22)35,23-19(32)11-7-15(3)27(23)36)24-20(33)12-8-16(4)28(24)37;1-10(2)13(11(3)4)12-8-6-5-7-9-12/h5-12H,1-4H3;10-12H,5-9H2,1-4H3/q-1;/p+1. The van der Waals surface area contributed by atoms with E-state index < -0.39 is 74.5 Å². The number of quaternary nitrogens is 1. The second-order valence-corrected chi connectivity index (χ2v) is 14.4. The molecule has 10 heteroatoms. The quantitative estimate of drug-likeness (QED) is 0.151. The Bertz CT molecular complexity index is 1600. The fourth-order valence-electron chi connectivity index (χ4n) is 8.21. The van der Waals surface area contributed by atoms with Crippen molar-refractivity contribution in [1.29, 1.82) is 0 Å². The Morgan fingerprint density at radius 3 is 0.960 bits per heavy atom. The molecule has 0 heterocycles. The van der Waals surface area contributed by atoms with E-state index in [9.17, 15) is 0 Å². The van der Waals surface area contributed by atoms with Gasteiger partial charge in [-0.25, -0.2) is 35.1 Å². The zero-order valence-electron chi connectivity index (χ0n) is 30.0. The Labute approximate surface area is 290 Å². The molecule has 0 spiro atoms. The molecule has 0 bridgehead atoms. The average Bonchev–Trinajstić information content (AvgIpc) is 3.05. The van der Waals surface area contributed by atoms with Gasteiger partial charge in [0.2, 0.25) is 0 Å². The summed E-state index contributed by atoms with van der Waals surface area (Å²) in [6, 6.07) is 9.36. The van der Waals surface area contributed by atoms with Crippen LogP contribution in [-0.4, -0.2) is 24.3 Å². The van der Waals surface area contributed by atoms with E-state index in [4.69, 9.17) is 0 Å². The van der Waals surface area contributed by atoms with E-state index in [1.807, 2.05) is 4.90 Å². The number of rotatable bonds is 7. The van der Waals surface area contributed by atoms with Gasteiger partial charge in [-0.15, -0.1) is 21.9 Å². The van der Waals surface area contributed by atoms with Crippen LogP contribution in [0.3, 0.4) is 0 Å². The highest BCUT2D eigenvalue weighted by Crippen LogP contribution is 2.25. The largest absolute Gasteiger partial charge is 0.329 e. The van der Waals surface area contributed by atoms with Crippen molar-refractivity contribution in [3.05, 3.63) is 117 Å². The monoisotopic (exact) mass is 703 g/mol. The molecule has 1 nitrogen and oxygen atoms in total. The molecular weight excluding hydrogens is 657 g/mol. The summed E-state index contributed by atoms with van der Waals surface area (Å²) in [5.41, 5.74) is -6.19. The third-order valence-electron chi connectivity index (χ3n) is 10.4. The van der Waals surface area contributed by atoms with E-state index in [1.165, 1.54) is 59.8 Å². The number of nitrogens with one attached hydrogen (secondary N) is 1. The highest BCUT2D eigenvalue weighted by atomic mass is 19.2. The Hall–Kier alpha value is -3.66. The Balaban J connectivity index is 0.000000363. The number of hydrogen-bond donors (Lipinski definition) is 1. The smallest absolute Gasteiger partial charge is 0.136 e. The lowest BCUT2D eigenvalue weighted by atomic mass is 9.12. The topological polar surface area (TPSA) is 4.44 Å². The van der Waals surface area contributed by atoms with Gasteiger partial charge in [0.1, 0.15) is 6.15 Å². The number of benzene rings is 4. The summed E-state index contributed by atoms with van der Waals surface area (Å²) in [6.07, 6.45) is 2.84. The van der Waals surface area contributed by atoms with Crippen LogP contribution in [-0.2, 0) is 0 Å². The molecule has 0 saturated heterocycles. The first-order chi connectivity index (χ1) is 23.5. The molecule has 0 unspecified atom stereocenters. The summed E-state index contributed by atoms with van der Waals surface area (Å²) in [5, 5.41) is 0. The highest BCUT2D eigenvalue weighted by molar-refractivity contribution is 7.20. The molecule has 0 aromatic heterocycles. The first-order valence-corrected chi connectivity index (χ1v) is 17.3. The molecule has 0 radical (unpaired) electrons.